The molecule has 7 heteroatoms. The van der Waals surface area contributed by atoms with Crippen LogP contribution < -0.4 is 14.9 Å². The molecule has 0 radical (unpaired) electrons. The molecule has 4 rings (SSSR count). The summed E-state index contributed by atoms with van der Waals surface area (Å²) in [5, 5.41) is 10.3. The molecule has 1 aliphatic rings. The molecule has 0 saturated heterocycles. The van der Waals surface area contributed by atoms with Crippen LogP contribution in [0.4, 0.5) is 0 Å². The molecule has 1 N–H and O–H groups in total. The number of methoxy groups -OCH3 is 1. The Morgan fingerprint density at radius 3 is 2.70 bits per heavy atom. The monoisotopic (exact) mass is 450 g/mol. The lowest BCUT2D eigenvalue weighted by molar-refractivity contribution is -0.140. The van der Waals surface area contributed by atoms with Gasteiger partial charge in [-0.15, -0.1) is 0 Å². The molecule has 0 amide bonds. The van der Waals surface area contributed by atoms with E-state index in [4.69, 9.17) is 18.6 Å². The third kappa shape index (κ3) is 5.19. The Hall–Kier alpha value is -3.74. The van der Waals surface area contributed by atoms with Crippen LogP contribution >= 0.6 is 0 Å². The zero-order valence-electron chi connectivity index (χ0n) is 18.6. The molecule has 33 heavy (non-hydrogen) atoms. The van der Waals surface area contributed by atoms with Crippen molar-refractivity contribution >= 4 is 5.97 Å². The number of carbonyl (C=O) groups excluding carboxylic acids is 1. The lowest BCUT2D eigenvalue weighted by atomic mass is 9.92. The first-order chi connectivity index (χ1) is 15.9. The summed E-state index contributed by atoms with van der Waals surface area (Å²) in [6.45, 7) is 2.87. The van der Waals surface area contributed by atoms with Crippen molar-refractivity contribution in [3.63, 3.8) is 0 Å². The van der Waals surface area contributed by atoms with Crippen LogP contribution in [0.3, 0.4) is 0 Å². The van der Waals surface area contributed by atoms with Crippen molar-refractivity contribution in [3.05, 3.63) is 87.0 Å². The summed E-state index contributed by atoms with van der Waals surface area (Å²) in [5.74, 6) is 0.369. The second-order valence-corrected chi connectivity index (χ2v) is 7.98. The topological polar surface area (TPSA) is 95.2 Å². The zero-order valence-corrected chi connectivity index (χ0v) is 18.6. The molecular formula is C26H26O7. The normalized spacial score (nSPS) is 13.2. The first-order valence-corrected chi connectivity index (χ1v) is 10.8. The maximum atomic E-state index is 12.1. The van der Waals surface area contributed by atoms with E-state index in [1.807, 2.05) is 6.07 Å². The average molecular weight is 450 g/mol. The van der Waals surface area contributed by atoms with Gasteiger partial charge >= 0.3 is 5.97 Å². The number of esters is 1. The number of benzene rings is 2. The molecule has 1 aromatic heterocycles. The van der Waals surface area contributed by atoms with Crippen LogP contribution in [0.1, 0.15) is 40.5 Å². The summed E-state index contributed by atoms with van der Waals surface area (Å²) in [6, 6.07) is 14.6. The maximum Gasteiger partial charge on any atom is 0.306 e. The first-order valence-electron chi connectivity index (χ1n) is 10.8. The third-order valence-electron chi connectivity index (χ3n) is 5.68. The van der Waals surface area contributed by atoms with E-state index in [-0.39, 0.29) is 12.2 Å². The minimum atomic E-state index is -0.673. The third-order valence-corrected chi connectivity index (χ3v) is 5.68. The number of ether oxygens (including phenoxy) is 3. The van der Waals surface area contributed by atoms with Gasteiger partial charge in [0.15, 0.2) is 5.76 Å². The summed E-state index contributed by atoms with van der Waals surface area (Å²) < 4.78 is 21.9. The lowest BCUT2D eigenvalue weighted by Gasteiger charge is -2.17. The Morgan fingerprint density at radius 1 is 1.15 bits per heavy atom. The van der Waals surface area contributed by atoms with Crippen molar-refractivity contribution in [2.45, 2.75) is 32.1 Å². The van der Waals surface area contributed by atoms with E-state index in [9.17, 15) is 14.7 Å². The van der Waals surface area contributed by atoms with E-state index in [0.717, 1.165) is 25.2 Å². The van der Waals surface area contributed by atoms with Crippen LogP contribution in [0.2, 0.25) is 0 Å². The quantitative estimate of drug-likeness (QED) is 0.520. The number of fused-ring (bicyclic) bond motifs is 1. The Kier molecular flexibility index (Phi) is 6.68. The molecule has 0 unspecified atom stereocenters. The van der Waals surface area contributed by atoms with E-state index in [2.05, 4.69) is 12.1 Å². The number of aryl methyl sites for hydroxylation is 1. The Bertz CT molecular complexity index is 1190. The van der Waals surface area contributed by atoms with Crippen LogP contribution in [0.15, 0.2) is 57.7 Å². The van der Waals surface area contributed by atoms with Crippen molar-refractivity contribution in [1.82, 2.24) is 0 Å². The number of rotatable bonds is 8. The molecule has 0 aliphatic carbocycles. The number of aromatic hydroxyl groups is 1. The Labute approximate surface area is 191 Å². The van der Waals surface area contributed by atoms with E-state index < -0.39 is 23.1 Å². The number of hydrogen-bond acceptors (Lipinski definition) is 7. The molecule has 0 spiro atoms. The molecule has 2 aromatic carbocycles. The van der Waals surface area contributed by atoms with Gasteiger partial charge in [0.05, 0.1) is 32.7 Å². The van der Waals surface area contributed by atoms with Crippen LogP contribution in [-0.2, 0) is 22.4 Å². The largest absolute Gasteiger partial charge is 0.502 e. The fourth-order valence-corrected chi connectivity index (χ4v) is 3.95. The molecule has 0 saturated carbocycles. The summed E-state index contributed by atoms with van der Waals surface area (Å²) >= 11 is 0. The molecule has 0 bridgehead atoms. The Morgan fingerprint density at radius 2 is 1.94 bits per heavy atom. The van der Waals surface area contributed by atoms with Gasteiger partial charge in [0.1, 0.15) is 17.3 Å². The van der Waals surface area contributed by atoms with Gasteiger partial charge in [-0.2, -0.15) is 0 Å². The number of hydrogen-bond donors (Lipinski definition) is 1. The van der Waals surface area contributed by atoms with E-state index >= 15 is 0 Å². The van der Waals surface area contributed by atoms with Gasteiger partial charge in [-0.05, 0) is 41.8 Å². The van der Waals surface area contributed by atoms with Gasteiger partial charge in [-0.25, -0.2) is 0 Å². The smallest absolute Gasteiger partial charge is 0.306 e. The van der Waals surface area contributed by atoms with Gasteiger partial charge in [0, 0.05) is 18.9 Å². The highest BCUT2D eigenvalue weighted by molar-refractivity contribution is 5.71. The van der Waals surface area contributed by atoms with Gasteiger partial charge < -0.3 is 23.7 Å². The fourth-order valence-electron chi connectivity index (χ4n) is 3.95. The highest BCUT2D eigenvalue weighted by atomic mass is 16.5. The van der Waals surface area contributed by atoms with Crippen LogP contribution in [0.25, 0.3) is 0 Å². The summed E-state index contributed by atoms with van der Waals surface area (Å²) in [6.07, 6.45) is 1.62. The molecule has 1 aliphatic heterocycles. The van der Waals surface area contributed by atoms with Crippen LogP contribution in [0, 0.1) is 6.92 Å². The van der Waals surface area contributed by atoms with Gasteiger partial charge in [0.2, 0.25) is 11.2 Å². The maximum absolute atomic E-state index is 12.1. The van der Waals surface area contributed by atoms with Gasteiger partial charge in [-0.1, -0.05) is 24.3 Å². The molecule has 172 valence electrons. The minimum Gasteiger partial charge on any atom is -0.502 e. The second kappa shape index (κ2) is 9.81. The van der Waals surface area contributed by atoms with Crippen LogP contribution in [-0.4, -0.2) is 31.4 Å². The SMILES string of the molecule is COC(=O)C[C@H](c1ccc(OCCc2ccc3c(c2)CCO3)cc1)c1oc(C)cc(=O)c1O. The zero-order chi connectivity index (χ0) is 23.4. The molecule has 1 atom stereocenters. The first kappa shape index (κ1) is 22.5. The second-order valence-electron chi connectivity index (χ2n) is 7.98. The van der Waals surface area contributed by atoms with Crippen molar-refractivity contribution in [1.29, 1.82) is 0 Å². The van der Waals surface area contributed by atoms with Crippen molar-refractivity contribution < 1.29 is 28.5 Å². The van der Waals surface area contributed by atoms with Gasteiger partial charge in [-0.3, -0.25) is 9.59 Å². The van der Waals surface area contributed by atoms with E-state index in [1.165, 1.54) is 24.3 Å². The molecule has 3 aromatic rings. The summed E-state index contributed by atoms with van der Waals surface area (Å²) in [7, 11) is 1.29. The van der Waals surface area contributed by atoms with Crippen molar-refractivity contribution in [3.8, 4) is 17.2 Å². The minimum absolute atomic E-state index is 0.0413. The highest BCUT2D eigenvalue weighted by Gasteiger charge is 2.26. The molecule has 7 nitrogen and oxygen atoms in total. The highest BCUT2D eigenvalue weighted by Crippen LogP contribution is 2.34. The Balaban J connectivity index is 1.47. The fraction of sp³-hybridized carbons (Fsp3) is 0.308. The molecule has 0 fully saturated rings. The standard InChI is InChI=1S/C26H26O7/c1-16-13-22(27)25(29)26(33-16)21(15-24(28)30-2)18-4-6-20(7-5-18)31-11-9-17-3-8-23-19(14-17)10-12-32-23/h3-8,13-14,21,29H,9-12,15H2,1-2H3/t21-/m1/s1. The summed E-state index contributed by atoms with van der Waals surface area (Å²) in [4.78, 5) is 24.1. The number of carbonyl (C=O) groups is 1. The van der Waals surface area contributed by atoms with Crippen LogP contribution in [0.5, 0.6) is 17.2 Å². The van der Waals surface area contributed by atoms with E-state index in [1.54, 1.807) is 31.2 Å². The predicted octanol–water partition coefficient (Wildman–Crippen LogP) is 3.91. The van der Waals surface area contributed by atoms with Crippen molar-refractivity contribution in [2.24, 2.45) is 0 Å². The average Bonchev–Trinajstić information content (AvgIpc) is 3.28. The predicted molar refractivity (Wildman–Crippen MR) is 121 cm³/mol. The summed E-state index contributed by atoms with van der Waals surface area (Å²) in [5.41, 5.74) is 2.57. The lowest BCUT2D eigenvalue weighted by Crippen LogP contribution is -2.13. The van der Waals surface area contributed by atoms with E-state index in [0.29, 0.717) is 23.7 Å². The molecule has 2 heterocycles. The van der Waals surface area contributed by atoms with Crippen molar-refractivity contribution in [2.75, 3.05) is 20.3 Å². The molecular weight excluding hydrogens is 424 g/mol. The van der Waals surface area contributed by atoms with Gasteiger partial charge in [0.25, 0.3) is 0 Å².